The van der Waals surface area contributed by atoms with Crippen molar-refractivity contribution in [3.05, 3.63) is 34.8 Å². The SMILES string of the molecule is C=CCCCN(C)S(=O)(=O)c1ccc(Cl)c(N)c1Cl. The molecule has 1 aromatic carbocycles. The monoisotopic (exact) mass is 322 g/mol. The highest BCUT2D eigenvalue weighted by Crippen LogP contribution is 2.34. The lowest BCUT2D eigenvalue weighted by molar-refractivity contribution is 0.463. The van der Waals surface area contributed by atoms with Gasteiger partial charge in [-0.25, -0.2) is 12.7 Å². The van der Waals surface area contributed by atoms with Gasteiger partial charge < -0.3 is 5.73 Å². The molecule has 19 heavy (non-hydrogen) atoms. The maximum atomic E-state index is 12.3. The Morgan fingerprint density at radius 1 is 1.42 bits per heavy atom. The third-order valence-corrected chi connectivity index (χ3v) is 5.41. The van der Waals surface area contributed by atoms with E-state index in [1.807, 2.05) is 0 Å². The first kappa shape index (κ1) is 16.3. The number of allylic oxidation sites excluding steroid dienone is 1. The highest BCUT2D eigenvalue weighted by atomic mass is 35.5. The van der Waals surface area contributed by atoms with E-state index in [-0.39, 0.29) is 20.6 Å². The van der Waals surface area contributed by atoms with Gasteiger partial charge in [0.1, 0.15) is 4.90 Å². The van der Waals surface area contributed by atoms with Crippen molar-refractivity contribution in [3.63, 3.8) is 0 Å². The molecule has 0 saturated heterocycles. The van der Waals surface area contributed by atoms with Crippen molar-refractivity contribution in [3.8, 4) is 0 Å². The van der Waals surface area contributed by atoms with Crippen LogP contribution in [0.15, 0.2) is 29.7 Å². The molecular weight excluding hydrogens is 307 g/mol. The fourth-order valence-corrected chi connectivity index (χ4v) is 3.44. The average Bonchev–Trinajstić information content (AvgIpc) is 2.35. The maximum Gasteiger partial charge on any atom is 0.244 e. The first-order valence-electron chi connectivity index (χ1n) is 5.63. The number of sulfonamides is 1. The summed E-state index contributed by atoms with van der Waals surface area (Å²) in [4.78, 5) is -0.0304. The molecule has 0 atom stereocenters. The van der Waals surface area contributed by atoms with Crippen molar-refractivity contribution in [2.75, 3.05) is 19.3 Å². The zero-order valence-electron chi connectivity index (χ0n) is 10.6. The quantitative estimate of drug-likeness (QED) is 0.497. The number of halogens is 2. The lowest BCUT2D eigenvalue weighted by atomic mass is 10.3. The Labute approximate surface area is 123 Å². The molecule has 0 aliphatic carbocycles. The molecule has 0 amide bonds. The van der Waals surface area contributed by atoms with Crippen LogP contribution in [0, 0.1) is 0 Å². The smallest absolute Gasteiger partial charge is 0.244 e. The highest BCUT2D eigenvalue weighted by molar-refractivity contribution is 7.89. The van der Waals surface area contributed by atoms with Crippen molar-refractivity contribution in [1.82, 2.24) is 4.31 Å². The fraction of sp³-hybridized carbons (Fsp3) is 0.333. The molecule has 1 rings (SSSR count). The van der Waals surface area contributed by atoms with Crippen molar-refractivity contribution < 1.29 is 8.42 Å². The fourth-order valence-electron chi connectivity index (χ4n) is 1.49. The van der Waals surface area contributed by atoms with Gasteiger partial charge >= 0.3 is 0 Å². The van der Waals surface area contributed by atoms with E-state index in [1.165, 1.54) is 23.5 Å². The Hall–Kier alpha value is -0.750. The molecule has 2 N–H and O–H groups in total. The van der Waals surface area contributed by atoms with Crippen molar-refractivity contribution in [1.29, 1.82) is 0 Å². The standard InChI is InChI=1S/C12H16Cl2N2O2S/c1-3-4-5-8-16(2)19(17,18)10-7-6-9(13)12(15)11(10)14/h3,6-7H,1,4-5,8,15H2,2H3. The van der Waals surface area contributed by atoms with Gasteiger partial charge in [0, 0.05) is 13.6 Å². The van der Waals surface area contributed by atoms with Crippen molar-refractivity contribution in [2.24, 2.45) is 0 Å². The van der Waals surface area contributed by atoms with Gasteiger partial charge in [-0.05, 0) is 25.0 Å². The average molecular weight is 323 g/mol. The molecule has 0 heterocycles. The molecule has 0 aliphatic heterocycles. The number of benzene rings is 1. The normalized spacial score (nSPS) is 11.8. The van der Waals surface area contributed by atoms with Crippen LogP contribution in [0.5, 0.6) is 0 Å². The Morgan fingerprint density at radius 2 is 2.05 bits per heavy atom. The second-order valence-electron chi connectivity index (χ2n) is 4.03. The molecule has 0 radical (unpaired) electrons. The van der Waals surface area contributed by atoms with Gasteiger partial charge in [0.15, 0.2) is 0 Å². The van der Waals surface area contributed by atoms with Crippen molar-refractivity contribution >= 4 is 38.9 Å². The molecule has 1 aromatic rings. The molecule has 0 saturated carbocycles. The number of anilines is 1. The van der Waals surface area contributed by atoms with Crippen molar-refractivity contribution in [2.45, 2.75) is 17.7 Å². The first-order chi connectivity index (χ1) is 8.82. The van der Waals surface area contributed by atoms with Crippen LogP contribution in [-0.4, -0.2) is 26.3 Å². The molecule has 7 heteroatoms. The minimum atomic E-state index is -3.66. The van der Waals surface area contributed by atoms with Crippen LogP contribution in [0.4, 0.5) is 5.69 Å². The summed E-state index contributed by atoms with van der Waals surface area (Å²) in [5, 5.41) is 0.196. The molecule has 0 unspecified atom stereocenters. The largest absolute Gasteiger partial charge is 0.396 e. The summed E-state index contributed by atoms with van der Waals surface area (Å²) in [7, 11) is -2.16. The summed E-state index contributed by atoms with van der Waals surface area (Å²) in [6.07, 6.45) is 3.18. The third kappa shape index (κ3) is 3.63. The molecule has 106 valence electrons. The first-order valence-corrected chi connectivity index (χ1v) is 7.82. The van der Waals surface area contributed by atoms with E-state index in [9.17, 15) is 8.42 Å². The van der Waals surface area contributed by atoms with Crippen LogP contribution < -0.4 is 5.73 Å². The zero-order chi connectivity index (χ0) is 14.6. The van der Waals surface area contributed by atoms with Crippen LogP contribution >= 0.6 is 23.2 Å². The summed E-state index contributed by atoms with van der Waals surface area (Å²) in [6, 6.07) is 2.79. The number of unbranched alkanes of at least 4 members (excludes halogenated alkanes) is 1. The summed E-state index contributed by atoms with van der Waals surface area (Å²) in [5.74, 6) is 0. The Kier molecular flexibility index (Phi) is 5.67. The van der Waals surface area contributed by atoms with E-state index in [1.54, 1.807) is 6.08 Å². The minimum Gasteiger partial charge on any atom is -0.396 e. The number of nitrogens with two attached hydrogens (primary N) is 1. The van der Waals surface area contributed by atoms with Gasteiger partial charge in [-0.2, -0.15) is 0 Å². The van der Waals surface area contributed by atoms with Crippen LogP contribution in [0.25, 0.3) is 0 Å². The van der Waals surface area contributed by atoms with E-state index in [0.717, 1.165) is 6.42 Å². The predicted molar refractivity (Wildman–Crippen MR) is 80.1 cm³/mol. The van der Waals surface area contributed by atoms with Gasteiger partial charge in [0.05, 0.1) is 15.7 Å². The van der Waals surface area contributed by atoms with Gasteiger partial charge in [0.2, 0.25) is 10.0 Å². The van der Waals surface area contributed by atoms with Crippen LogP contribution in [0.3, 0.4) is 0 Å². The maximum absolute atomic E-state index is 12.3. The number of hydrogen-bond acceptors (Lipinski definition) is 3. The molecule has 0 aromatic heterocycles. The minimum absolute atomic E-state index is 0.0304. The summed E-state index contributed by atoms with van der Waals surface area (Å²) >= 11 is 11.7. The number of hydrogen-bond donors (Lipinski definition) is 1. The van der Waals surface area contributed by atoms with Crippen LogP contribution in [-0.2, 0) is 10.0 Å². The Bertz CT molecular complexity index is 573. The van der Waals surface area contributed by atoms with Gasteiger partial charge in [0.25, 0.3) is 0 Å². The van der Waals surface area contributed by atoms with E-state index >= 15 is 0 Å². The van der Waals surface area contributed by atoms with Gasteiger partial charge in [-0.3, -0.25) is 0 Å². The Morgan fingerprint density at radius 3 is 2.63 bits per heavy atom. The molecular formula is C12H16Cl2N2O2S. The number of nitrogens with zero attached hydrogens (tertiary/aromatic N) is 1. The lowest BCUT2D eigenvalue weighted by Gasteiger charge is -2.18. The predicted octanol–water partition coefficient (Wildman–Crippen LogP) is 3.16. The number of rotatable bonds is 6. The Balaban J connectivity index is 3.07. The van der Waals surface area contributed by atoms with E-state index in [4.69, 9.17) is 28.9 Å². The number of nitrogen functional groups attached to an aromatic ring is 1. The van der Waals surface area contributed by atoms with Gasteiger partial charge in [-0.1, -0.05) is 29.3 Å². The lowest BCUT2D eigenvalue weighted by Crippen LogP contribution is -2.28. The van der Waals surface area contributed by atoms with Gasteiger partial charge in [-0.15, -0.1) is 6.58 Å². The second kappa shape index (κ2) is 6.61. The van der Waals surface area contributed by atoms with E-state index in [0.29, 0.717) is 13.0 Å². The second-order valence-corrected chi connectivity index (χ2v) is 6.83. The van der Waals surface area contributed by atoms with Crippen LogP contribution in [0.1, 0.15) is 12.8 Å². The molecule has 4 nitrogen and oxygen atoms in total. The molecule has 0 bridgehead atoms. The zero-order valence-corrected chi connectivity index (χ0v) is 12.9. The van der Waals surface area contributed by atoms with E-state index < -0.39 is 10.0 Å². The van der Waals surface area contributed by atoms with Crippen LogP contribution in [0.2, 0.25) is 10.0 Å². The molecule has 0 fully saturated rings. The molecule has 0 aliphatic rings. The summed E-state index contributed by atoms with van der Waals surface area (Å²) in [5.41, 5.74) is 5.71. The topological polar surface area (TPSA) is 63.4 Å². The van der Waals surface area contributed by atoms with E-state index in [2.05, 4.69) is 6.58 Å². The summed E-state index contributed by atoms with van der Waals surface area (Å²) < 4.78 is 25.9. The molecule has 0 spiro atoms. The third-order valence-electron chi connectivity index (χ3n) is 2.66. The summed E-state index contributed by atoms with van der Waals surface area (Å²) in [6.45, 7) is 3.98. The highest BCUT2D eigenvalue weighted by Gasteiger charge is 2.24.